The molecule has 7 nitrogen and oxygen atoms in total. The third-order valence-corrected chi connectivity index (χ3v) is 15.9. The van der Waals surface area contributed by atoms with Crippen molar-refractivity contribution < 1.29 is 115 Å². The van der Waals surface area contributed by atoms with Crippen LogP contribution >= 0.6 is 0 Å². The standard InChI is InChI=1S/C34H14F17IO7S/c35-27(36,29(39,40)31(43,44)33(47,48)49)28(37,38)30(41,42)32(45,46)34(50,51)60(55,56)59-52(15-9-11-23-19(13-15)25(53)17-5-1-3-7-21(17)57-23)16-10-12-24-20(14-16)26(54)18-6-2-4-8-22(18)58-24/h1-14H/q+1. The van der Waals surface area contributed by atoms with Crippen LogP contribution in [0.1, 0.15) is 0 Å². The predicted molar refractivity (Wildman–Crippen MR) is 168 cm³/mol. The van der Waals surface area contributed by atoms with Gasteiger partial charge in [-0.3, -0.25) is 9.59 Å². The van der Waals surface area contributed by atoms with Gasteiger partial charge < -0.3 is 8.83 Å². The molecular weight excluding hydrogens is 1000 g/mol. The number of para-hydroxylation sites is 2. The van der Waals surface area contributed by atoms with Crippen LogP contribution in [-0.4, -0.2) is 55.4 Å². The first-order valence-electron chi connectivity index (χ1n) is 15.6. The fourth-order valence-electron chi connectivity index (χ4n) is 5.39. The molecule has 0 spiro atoms. The summed E-state index contributed by atoms with van der Waals surface area (Å²) in [5, 5.41) is -9.38. The number of hydrogen-bond acceptors (Lipinski definition) is 7. The highest BCUT2D eigenvalue weighted by atomic mass is 127. The van der Waals surface area contributed by atoms with Crippen molar-refractivity contribution in [3.8, 4) is 0 Å². The molecular formula is C34H14F17IO7S+. The van der Waals surface area contributed by atoms with Crippen LogP contribution in [0.15, 0.2) is 103 Å². The minimum absolute atomic E-state index is 0.0458. The first kappa shape index (κ1) is 44.8. The van der Waals surface area contributed by atoms with E-state index in [9.17, 15) is 83.9 Å². The van der Waals surface area contributed by atoms with E-state index in [4.69, 9.17) is 8.83 Å². The number of fused-ring (bicyclic) bond motifs is 4. The van der Waals surface area contributed by atoms with E-state index in [-0.39, 0.29) is 33.1 Å². The predicted octanol–water partition coefficient (Wildman–Crippen LogP) is 7.10. The average Bonchev–Trinajstić information content (AvgIpc) is 3.16. The Kier molecular flexibility index (Phi) is 10.4. The lowest BCUT2D eigenvalue weighted by Crippen LogP contribution is -3.85. The van der Waals surface area contributed by atoms with Gasteiger partial charge in [0.2, 0.25) is 10.9 Å². The summed E-state index contributed by atoms with van der Waals surface area (Å²) in [6, 6.07) is 15.1. The van der Waals surface area contributed by atoms with Gasteiger partial charge in [-0.05, 0) is 51.0 Å². The molecule has 0 aliphatic rings. The summed E-state index contributed by atoms with van der Waals surface area (Å²) in [6.45, 7) is 0. The molecule has 323 valence electrons. The Morgan fingerprint density at radius 1 is 0.433 bits per heavy atom. The molecule has 0 saturated heterocycles. The summed E-state index contributed by atoms with van der Waals surface area (Å²) in [6.07, 6.45) is -7.98. The molecule has 0 saturated carbocycles. The Labute approximate surface area is 327 Å². The smallest absolute Gasteiger partial charge is 0.456 e. The third-order valence-electron chi connectivity index (χ3n) is 8.63. The van der Waals surface area contributed by atoms with Gasteiger partial charge in [-0.15, -0.1) is 0 Å². The molecule has 2 heterocycles. The molecule has 0 N–H and O–H groups in total. The van der Waals surface area contributed by atoms with Crippen LogP contribution in [-0.2, 0) is 12.6 Å². The average molecular weight is 1020 g/mol. The van der Waals surface area contributed by atoms with E-state index in [2.05, 4.69) is 2.51 Å². The van der Waals surface area contributed by atoms with Gasteiger partial charge in [0.15, 0.2) is 7.14 Å². The maximum absolute atomic E-state index is 15.3. The van der Waals surface area contributed by atoms with Crippen molar-refractivity contribution in [3.05, 3.63) is 113 Å². The van der Waals surface area contributed by atoms with E-state index in [0.29, 0.717) is 12.1 Å². The van der Waals surface area contributed by atoms with Crippen molar-refractivity contribution in [1.29, 1.82) is 0 Å². The van der Waals surface area contributed by atoms with E-state index in [1.54, 1.807) is 0 Å². The lowest BCUT2D eigenvalue weighted by Gasteiger charge is -2.42. The molecule has 0 unspecified atom stereocenters. The van der Waals surface area contributed by atoms with Crippen molar-refractivity contribution >= 4 is 54.0 Å². The fraction of sp³-hybridized carbons (Fsp3) is 0.235. The first-order chi connectivity index (χ1) is 27.3. The zero-order valence-corrected chi connectivity index (χ0v) is 31.1. The molecule has 2 aromatic heterocycles. The van der Waals surface area contributed by atoms with Gasteiger partial charge in [0.25, 0.3) is 0 Å². The van der Waals surface area contributed by atoms with E-state index in [1.165, 1.54) is 48.5 Å². The Morgan fingerprint density at radius 3 is 1.15 bits per heavy atom. The summed E-state index contributed by atoms with van der Waals surface area (Å²) >= 11 is -5.27. The van der Waals surface area contributed by atoms with Crippen LogP contribution in [0.4, 0.5) is 74.6 Å². The summed E-state index contributed by atoms with van der Waals surface area (Å²) in [5.41, 5.74) is -2.58. The van der Waals surface area contributed by atoms with Crippen molar-refractivity contribution in [2.45, 2.75) is 47.0 Å². The van der Waals surface area contributed by atoms with Gasteiger partial charge in [-0.2, -0.15) is 83.1 Å². The molecule has 26 heteroatoms. The summed E-state index contributed by atoms with van der Waals surface area (Å²) in [7, 11) is -8.08. The van der Waals surface area contributed by atoms with Crippen LogP contribution in [0, 0.1) is 7.14 Å². The normalized spacial score (nSPS) is 14.6. The van der Waals surface area contributed by atoms with Gasteiger partial charge in [-0.25, -0.2) is 0 Å². The summed E-state index contributed by atoms with van der Waals surface area (Å²) in [4.78, 5) is 26.7. The molecule has 1 radical (unpaired) electrons. The van der Waals surface area contributed by atoms with E-state index < -0.39 is 106 Å². The minimum Gasteiger partial charge on any atom is -0.456 e. The number of benzene rings is 4. The highest BCUT2D eigenvalue weighted by Crippen LogP contribution is 2.64. The lowest BCUT2D eigenvalue weighted by molar-refractivity contribution is -1.03. The number of hydrogen-bond donors (Lipinski definition) is 0. The molecule has 60 heavy (non-hydrogen) atoms. The van der Waals surface area contributed by atoms with Crippen LogP contribution in [0.5, 0.6) is 0 Å². The summed E-state index contributed by atoms with van der Waals surface area (Å²) < 4.78 is 278. The zero-order valence-electron chi connectivity index (χ0n) is 28.2. The molecule has 0 aliphatic heterocycles. The topological polar surface area (TPSA) is 104 Å². The van der Waals surface area contributed by atoms with Gasteiger partial charge in [0.1, 0.15) is 22.3 Å². The van der Waals surface area contributed by atoms with E-state index in [0.717, 1.165) is 24.3 Å². The maximum Gasteiger partial charge on any atom is 0.460 e. The Bertz CT molecular complexity index is 2800. The highest BCUT2D eigenvalue weighted by molar-refractivity contribution is 7.87. The second-order valence-corrected chi connectivity index (χ2v) is 18.9. The van der Waals surface area contributed by atoms with Gasteiger partial charge in [-0.1, -0.05) is 24.3 Å². The minimum atomic E-state index is -9.05. The molecule has 0 aliphatic carbocycles. The monoisotopic (exact) mass is 1020 g/mol. The van der Waals surface area contributed by atoms with Crippen molar-refractivity contribution in [2.24, 2.45) is 0 Å². The van der Waals surface area contributed by atoms with Crippen molar-refractivity contribution in [2.75, 3.05) is 0 Å². The molecule has 0 atom stereocenters. The molecule has 6 rings (SSSR count). The molecule has 4 aromatic carbocycles. The third kappa shape index (κ3) is 6.28. The maximum atomic E-state index is 15.3. The Hall–Kier alpha value is -4.73. The van der Waals surface area contributed by atoms with Crippen molar-refractivity contribution in [3.63, 3.8) is 0 Å². The van der Waals surface area contributed by atoms with E-state index in [1.807, 2.05) is 0 Å². The number of alkyl halides is 17. The molecule has 0 fully saturated rings. The van der Waals surface area contributed by atoms with Gasteiger partial charge in [0.05, 0.1) is 21.5 Å². The fourth-order valence-corrected chi connectivity index (χ4v) is 12.5. The highest BCUT2D eigenvalue weighted by Gasteiger charge is 2.96. The lowest BCUT2D eigenvalue weighted by atomic mass is 9.91. The Morgan fingerprint density at radius 2 is 0.767 bits per heavy atom. The second-order valence-electron chi connectivity index (χ2n) is 12.4. The molecule has 0 bridgehead atoms. The number of halogens is 18. The van der Waals surface area contributed by atoms with Gasteiger partial charge in [0, 0.05) is 12.1 Å². The largest absolute Gasteiger partial charge is 0.460 e. The SMILES string of the molecule is O=c1c2ccccc2oc2ccc([I+](OS(=O)(=O)C(F)(F)C(F)(F)C(F)(F)C(F)(F)C(F)(F)C(F)(F)C(F)(F)C(F)(F)F)c3ccc4oc5ccccc5c(=O)c4c3)cc12. The summed E-state index contributed by atoms with van der Waals surface area (Å²) in [5.74, 6) is -52.9. The van der Waals surface area contributed by atoms with Crippen LogP contribution in [0.2, 0.25) is 0 Å². The van der Waals surface area contributed by atoms with E-state index >= 15 is 8.78 Å². The Balaban J connectivity index is 1.52. The molecule has 6 aromatic rings. The zero-order chi connectivity index (χ0) is 45.0. The first-order valence-corrected chi connectivity index (χ1v) is 20.0. The number of rotatable bonds is 11. The quantitative estimate of drug-likeness (QED) is 0.0776. The second kappa shape index (κ2) is 13.9. The van der Waals surface area contributed by atoms with Crippen LogP contribution < -0.4 is 31.1 Å². The van der Waals surface area contributed by atoms with Crippen LogP contribution in [0.3, 0.4) is 0 Å². The molecule has 0 amide bonds. The van der Waals surface area contributed by atoms with Crippen molar-refractivity contribution in [1.82, 2.24) is 0 Å². The van der Waals surface area contributed by atoms with Gasteiger partial charge >= 0.3 is 77.3 Å². The van der Waals surface area contributed by atoms with Crippen LogP contribution in [0.25, 0.3) is 43.9 Å².